The van der Waals surface area contributed by atoms with Gasteiger partial charge >= 0.3 is 0 Å². The van der Waals surface area contributed by atoms with Crippen molar-refractivity contribution in [2.75, 3.05) is 53.4 Å². The molecular formula is C20H32N2O5. The molecule has 0 aliphatic heterocycles. The van der Waals surface area contributed by atoms with Gasteiger partial charge in [-0.25, -0.2) is 9.97 Å². The lowest BCUT2D eigenvalue weighted by molar-refractivity contribution is -0.0133. The van der Waals surface area contributed by atoms with E-state index in [9.17, 15) is 5.11 Å². The summed E-state index contributed by atoms with van der Waals surface area (Å²) in [6.07, 6.45) is 6.79. The maximum atomic E-state index is 9.22. The zero-order valence-corrected chi connectivity index (χ0v) is 16.5. The number of aliphatic hydroxyl groups excluding tert-OH is 1. The van der Waals surface area contributed by atoms with E-state index in [1.807, 2.05) is 0 Å². The lowest BCUT2D eigenvalue weighted by atomic mass is 9.77. The van der Waals surface area contributed by atoms with Crippen LogP contribution in [0.3, 0.4) is 0 Å². The van der Waals surface area contributed by atoms with Crippen molar-refractivity contribution in [2.45, 2.75) is 32.8 Å². The fourth-order valence-corrected chi connectivity index (χ4v) is 2.88. The molecule has 152 valence electrons. The molecule has 1 aromatic rings. The van der Waals surface area contributed by atoms with E-state index in [4.69, 9.17) is 18.9 Å². The summed E-state index contributed by atoms with van der Waals surface area (Å²) in [5.41, 5.74) is 1.93. The van der Waals surface area contributed by atoms with Crippen molar-refractivity contribution < 1.29 is 24.1 Å². The van der Waals surface area contributed by atoms with E-state index in [1.165, 1.54) is 0 Å². The quantitative estimate of drug-likeness (QED) is 0.526. The zero-order chi connectivity index (χ0) is 19.4. The van der Waals surface area contributed by atoms with Gasteiger partial charge in [0.15, 0.2) is 5.82 Å². The first-order valence-corrected chi connectivity index (χ1v) is 9.51. The zero-order valence-electron chi connectivity index (χ0n) is 16.5. The second-order valence-corrected chi connectivity index (χ2v) is 7.04. The maximum Gasteiger partial charge on any atom is 0.155 e. The van der Waals surface area contributed by atoms with Crippen LogP contribution in [0.5, 0.6) is 0 Å². The number of nitrogens with zero attached hydrogens (tertiary/aromatic N) is 2. The van der Waals surface area contributed by atoms with Crippen LogP contribution in [0.4, 0.5) is 0 Å². The van der Waals surface area contributed by atoms with Crippen LogP contribution in [0, 0.1) is 5.41 Å². The highest BCUT2D eigenvalue weighted by Crippen LogP contribution is 2.37. The van der Waals surface area contributed by atoms with Gasteiger partial charge in [-0.3, -0.25) is 0 Å². The Morgan fingerprint density at radius 1 is 1.07 bits per heavy atom. The largest absolute Gasteiger partial charge is 0.390 e. The van der Waals surface area contributed by atoms with Crippen molar-refractivity contribution in [2.24, 2.45) is 5.41 Å². The third kappa shape index (κ3) is 8.02. The molecule has 0 unspecified atom stereocenters. The molecule has 0 bridgehead atoms. The first-order valence-electron chi connectivity index (χ1n) is 9.51. The van der Waals surface area contributed by atoms with Crippen LogP contribution in [0.1, 0.15) is 37.7 Å². The molecule has 0 fully saturated rings. The Hall–Kier alpha value is -1.38. The van der Waals surface area contributed by atoms with Gasteiger partial charge in [-0.1, -0.05) is 13.0 Å². The van der Waals surface area contributed by atoms with Crippen LogP contribution in [-0.4, -0.2) is 68.4 Å². The first kappa shape index (κ1) is 21.9. The van der Waals surface area contributed by atoms with Crippen molar-refractivity contribution in [1.82, 2.24) is 9.97 Å². The summed E-state index contributed by atoms with van der Waals surface area (Å²) in [5, 5.41) is 9.22. The summed E-state index contributed by atoms with van der Waals surface area (Å²) in [7, 11) is 1.66. The van der Waals surface area contributed by atoms with Crippen molar-refractivity contribution in [3.05, 3.63) is 29.9 Å². The van der Waals surface area contributed by atoms with Crippen LogP contribution in [-0.2, 0) is 25.6 Å². The minimum atomic E-state index is -0.0598. The fourth-order valence-electron chi connectivity index (χ4n) is 2.88. The second-order valence-electron chi connectivity index (χ2n) is 7.04. The highest BCUT2D eigenvalue weighted by Gasteiger charge is 2.28. The Labute approximate surface area is 161 Å². The average molecular weight is 380 g/mol. The van der Waals surface area contributed by atoms with Crippen molar-refractivity contribution in [3.8, 4) is 0 Å². The van der Waals surface area contributed by atoms with E-state index in [0.717, 1.165) is 30.7 Å². The Morgan fingerprint density at radius 3 is 2.41 bits per heavy atom. The number of rotatable bonds is 13. The monoisotopic (exact) mass is 380 g/mol. The second kappa shape index (κ2) is 12.2. The molecule has 1 heterocycles. The number of allylic oxidation sites excluding steroid dienone is 2. The van der Waals surface area contributed by atoms with E-state index < -0.39 is 0 Å². The molecular weight excluding hydrogens is 348 g/mol. The molecule has 1 atom stereocenters. The van der Waals surface area contributed by atoms with E-state index in [-0.39, 0.29) is 12.0 Å². The average Bonchev–Trinajstić information content (AvgIpc) is 2.70. The molecule has 7 nitrogen and oxygen atoms in total. The summed E-state index contributed by atoms with van der Waals surface area (Å²) in [5.74, 6) is 0.727. The highest BCUT2D eigenvalue weighted by molar-refractivity contribution is 5.60. The standard InChI is InChI=1S/C20H32N2O5/c1-20(16-27-14-13-26-12-11-25-10-9-24-2)6-3-17(4-7-20)19-21-8-5-18(15-23)22-19/h3,5,8,23H,4,6-7,9-16H2,1-2H3/t20-/m0/s1. The maximum absolute atomic E-state index is 9.22. The predicted molar refractivity (Wildman–Crippen MR) is 102 cm³/mol. The number of hydrogen-bond donors (Lipinski definition) is 1. The van der Waals surface area contributed by atoms with Crippen LogP contribution in [0.15, 0.2) is 18.3 Å². The first-order chi connectivity index (χ1) is 13.2. The van der Waals surface area contributed by atoms with Crippen LogP contribution in [0.25, 0.3) is 5.57 Å². The molecule has 1 aliphatic carbocycles. The molecule has 0 spiro atoms. The Balaban J connectivity index is 1.62. The van der Waals surface area contributed by atoms with Gasteiger partial charge in [-0.15, -0.1) is 0 Å². The number of aliphatic hydroxyl groups is 1. The number of aromatic nitrogens is 2. The SMILES string of the molecule is COCCOCCOCCOC[C@@]1(C)CC=C(c2nccc(CO)n2)CC1. The number of ether oxygens (including phenoxy) is 4. The van der Waals surface area contributed by atoms with E-state index in [0.29, 0.717) is 51.9 Å². The normalized spacial score (nSPS) is 19.9. The molecule has 0 saturated heterocycles. The van der Waals surface area contributed by atoms with Crippen molar-refractivity contribution >= 4 is 5.57 Å². The van der Waals surface area contributed by atoms with Gasteiger partial charge < -0.3 is 24.1 Å². The predicted octanol–water partition coefficient (Wildman–Crippen LogP) is 2.24. The molecule has 7 heteroatoms. The summed E-state index contributed by atoms with van der Waals surface area (Å²) in [6, 6.07) is 1.73. The molecule has 27 heavy (non-hydrogen) atoms. The topological polar surface area (TPSA) is 82.9 Å². The van der Waals surface area contributed by atoms with E-state index in [2.05, 4.69) is 23.0 Å². The van der Waals surface area contributed by atoms with Gasteiger partial charge in [0.05, 0.1) is 58.5 Å². The van der Waals surface area contributed by atoms with Gasteiger partial charge in [0.1, 0.15) is 0 Å². The molecule has 1 aromatic heterocycles. The molecule has 2 rings (SSSR count). The minimum absolute atomic E-state index is 0.0598. The van der Waals surface area contributed by atoms with E-state index >= 15 is 0 Å². The molecule has 1 aliphatic rings. The van der Waals surface area contributed by atoms with E-state index in [1.54, 1.807) is 19.4 Å². The Morgan fingerprint density at radius 2 is 1.78 bits per heavy atom. The fraction of sp³-hybridized carbons (Fsp3) is 0.700. The highest BCUT2D eigenvalue weighted by atomic mass is 16.6. The molecule has 0 amide bonds. The Kier molecular flexibility index (Phi) is 9.86. The van der Waals surface area contributed by atoms with Gasteiger partial charge in [0.25, 0.3) is 0 Å². The number of methoxy groups -OCH3 is 1. The summed E-state index contributed by atoms with van der Waals surface area (Å²) in [6.45, 7) is 6.42. The summed E-state index contributed by atoms with van der Waals surface area (Å²) < 4.78 is 21.5. The van der Waals surface area contributed by atoms with Crippen LogP contribution >= 0.6 is 0 Å². The lowest BCUT2D eigenvalue weighted by Crippen LogP contribution is -2.26. The van der Waals surface area contributed by atoms with Gasteiger partial charge in [0, 0.05) is 13.3 Å². The molecule has 0 aromatic carbocycles. The van der Waals surface area contributed by atoms with Crippen LogP contribution in [0.2, 0.25) is 0 Å². The number of hydrogen-bond acceptors (Lipinski definition) is 7. The summed E-state index contributed by atoms with van der Waals surface area (Å²) in [4.78, 5) is 8.73. The van der Waals surface area contributed by atoms with Crippen molar-refractivity contribution in [3.63, 3.8) is 0 Å². The van der Waals surface area contributed by atoms with Crippen LogP contribution < -0.4 is 0 Å². The van der Waals surface area contributed by atoms with Gasteiger partial charge in [0.2, 0.25) is 0 Å². The lowest BCUT2D eigenvalue weighted by Gasteiger charge is -2.32. The molecule has 0 radical (unpaired) electrons. The van der Waals surface area contributed by atoms with Crippen molar-refractivity contribution in [1.29, 1.82) is 0 Å². The summed E-state index contributed by atoms with van der Waals surface area (Å²) >= 11 is 0. The third-order valence-corrected chi connectivity index (χ3v) is 4.63. The molecule has 0 saturated carbocycles. The van der Waals surface area contributed by atoms with Gasteiger partial charge in [-0.2, -0.15) is 0 Å². The smallest absolute Gasteiger partial charge is 0.155 e. The Bertz CT molecular complexity index is 581. The third-order valence-electron chi connectivity index (χ3n) is 4.63. The minimum Gasteiger partial charge on any atom is -0.390 e. The molecule has 1 N–H and O–H groups in total. The van der Waals surface area contributed by atoms with Gasteiger partial charge in [-0.05, 0) is 36.3 Å².